The minimum absolute atomic E-state index is 0.156. The number of hydrogen-bond donors (Lipinski definition) is 2. The first-order chi connectivity index (χ1) is 6.08. The van der Waals surface area contributed by atoms with Gasteiger partial charge in [-0.05, 0) is 18.6 Å². The molecular weight excluding hydrogens is 208 g/mol. The van der Waals surface area contributed by atoms with Gasteiger partial charge >= 0.3 is 5.97 Å². The second-order valence-electron chi connectivity index (χ2n) is 2.19. The molecule has 0 aliphatic heterocycles. The first-order valence-electron chi connectivity index (χ1n) is 3.97. The van der Waals surface area contributed by atoms with E-state index < -0.39 is 5.97 Å². The van der Waals surface area contributed by atoms with Crippen molar-refractivity contribution >= 4 is 35.9 Å². The lowest BCUT2D eigenvalue weighted by molar-refractivity contribution is -0.136. The van der Waals surface area contributed by atoms with Gasteiger partial charge in [0.2, 0.25) is 0 Å². The topological polar surface area (TPSA) is 46.5 Å². The molecule has 0 saturated carbocycles. The molecule has 5 heteroatoms. The van der Waals surface area contributed by atoms with Crippen molar-refractivity contribution in [1.82, 2.24) is 0 Å². The predicted octanol–water partition coefficient (Wildman–Crippen LogP) is 2.15. The van der Waals surface area contributed by atoms with E-state index in [4.69, 9.17) is 22.1 Å². The highest BCUT2D eigenvalue weighted by Gasteiger charge is 1.88. The summed E-state index contributed by atoms with van der Waals surface area (Å²) < 4.78 is 4.72. The average Bonchev–Trinajstić information content (AvgIpc) is 2.05. The number of carboxylic acids is 1. The van der Waals surface area contributed by atoms with Crippen molar-refractivity contribution in [2.75, 3.05) is 12.9 Å². The Bertz CT molecular complexity index is 148. The van der Waals surface area contributed by atoms with Crippen molar-refractivity contribution in [2.45, 2.75) is 26.2 Å². The smallest absolute Gasteiger partial charge is 0.304 e. The SMILES string of the molecule is CCCC(=S)OC.O=C(O)CCS. The van der Waals surface area contributed by atoms with Crippen LogP contribution < -0.4 is 0 Å². The Balaban J connectivity index is 0. The van der Waals surface area contributed by atoms with Crippen LogP contribution in [-0.2, 0) is 9.53 Å². The first-order valence-corrected chi connectivity index (χ1v) is 5.02. The highest BCUT2D eigenvalue weighted by Crippen LogP contribution is 1.90. The summed E-state index contributed by atoms with van der Waals surface area (Å²) in [6.07, 6.45) is 2.14. The van der Waals surface area contributed by atoms with Gasteiger partial charge in [-0.1, -0.05) is 6.92 Å². The molecule has 0 amide bonds. The first kappa shape index (κ1) is 15.2. The lowest BCUT2D eigenvalue weighted by atomic mass is 10.4. The molecule has 0 unspecified atom stereocenters. The van der Waals surface area contributed by atoms with E-state index in [2.05, 4.69) is 19.6 Å². The van der Waals surface area contributed by atoms with Crippen LogP contribution in [0.3, 0.4) is 0 Å². The van der Waals surface area contributed by atoms with E-state index in [1.807, 2.05) is 0 Å². The maximum absolute atomic E-state index is 9.55. The third-order valence-corrected chi connectivity index (χ3v) is 1.60. The molecule has 0 radical (unpaired) electrons. The monoisotopic (exact) mass is 224 g/mol. The van der Waals surface area contributed by atoms with E-state index in [1.54, 1.807) is 7.11 Å². The normalized spacial score (nSPS) is 8.23. The van der Waals surface area contributed by atoms with Crippen molar-refractivity contribution < 1.29 is 14.6 Å². The van der Waals surface area contributed by atoms with Gasteiger partial charge in [-0.2, -0.15) is 12.6 Å². The maximum Gasteiger partial charge on any atom is 0.304 e. The molecule has 78 valence electrons. The van der Waals surface area contributed by atoms with Crippen molar-refractivity contribution in [3.05, 3.63) is 0 Å². The van der Waals surface area contributed by atoms with E-state index in [1.165, 1.54) is 0 Å². The van der Waals surface area contributed by atoms with Crippen LogP contribution in [0.4, 0.5) is 0 Å². The van der Waals surface area contributed by atoms with Crippen LogP contribution in [0.5, 0.6) is 0 Å². The van der Waals surface area contributed by atoms with E-state index in [0.717, 1.165) is 12.8 Å². The van der Waals surface area contributed by atoms with Crippen molar-refractivity contribution in [1.29, 1.82) is 0 Å². The number of carbonyl (C=O) groups is 1. The van der Waals surface area contributed by atoms with Crippen LogP contribution in [0.2, 0.25) is 0 Å². The summed E-state index contributed by atoms with van der Waals surface area (Å²) in [5.41, 5.74) is 0. The molecule has 0 bridgehead atoms. The quantitative estimate of drug-likeness (QED) is 0.567. The standard InChI is InChI=1S/C5H10OS.C3H6O2S/c1-3-4-5(7)6-2;4-3(5)1-2-6/h3-4H2,1-2H3;6H,1-2H2,(H,4,5). The molecule has 0 atom stereocenters. The lowest BCUT2D eigenvalue weighted by Crippen LogP contribution is -1.93. The zero-order valence-electron chi connectivity index (χ0n) is 7.95. The number of carboxylic acid groups (broad SMARTS) is 1. The Hall–Kier alpha value is -0.290. The van der Waals surface area contributed by atoms with E-state index in [-0.39, 0.29) is 6.42 Å². The second-order valence-corrected chi connectivity index (χ2v) is 3.10. The summed E-state index contributed by atoms with van der Waals surface area (Å²) in [6.45, 7) is 2.07. The highest BCUT2D eigenvalue weighted by atomic mass is 32.1. The fourth-order valence-electron chi connectivity index (χ4n) is 0.402. The Labute approximate surface area is 89.9 Å². The number of aliphatic carboxylic acids is 1. The van der Waals surface area contributed by atoms with Gasteiger partial charge in [0.15, 0.2) is 5.05 Å². The van der Waals surface area contributed by atoms with Gasteiger partial charge < -0.3 is 9.84 Å². The third kappa shape index (κ3) is 18.6. The molecule has 0 aromatic carbocycles. The maximum atomic E-state index is 9.55. The summed E-state index contributed by atoms with van der Waals surface area (Å²) in [7, 11) is 1.61. The van der Waals surface area contributed by atoms with Crippen LogP contribution in [0, 0.1) is 0 Å². The van der Waals surface area contributed by atoms with Crippen molar-refractivity contribution in [3.63, 3.8) is 0 Å². The van der Waals surface area contributed by atoms with Crippen LogP contribution in [0.1, 0.15) is 26.2 Å². The van der Waals surface area contributed by atoms with Crippen LogP contribution in [0.25, 0.3) is 0 Å². The van der Waals surface area contributed by atoms with E-state index in [9.17, 15) is 4.79 Å². The molecule has 13 heavy (non-hydrogen) atoms. The molecule has 3 nitrogen and oxygen atoms in total. The van der Waals surface area contributed by atoms with Crippen LogP contribution in [-0.4, -0.2) is 29.0 Å². The number of ether oxygens (including phenoxy) is 1. The molecule has 0 fully saturated rings. The molecule has 0 rings (SSSR count). The molecule has 0 aromatic rings. The Morgan fingerprint density at radius 2 is 2.08 bits per heavy atom. The fourth-order valence-corrected chi connectivity index (χ4v) is 0.797. The number of hydrogen-bond acceptors (Lipinski definition) is 4. The van der Waals surface area contributed by atoms with E-state index in [0.29, 0.717) is 10.8 Å². The van der Waals surface area contributed by atoms with E-state index >= 15 is 0 Å². The molecule has 1 N–H and O–H groups in total. The minimum atomic E-state index is -0.787. The number of thiocarbonyl (C=S) groups is 1. The summed E-state index contributed by atoms with van der Waals surface area (Å²) in [5, 5.41) is 8.58. The molecular formula is C8H16O3S2. The summed E-state index contributed by atoms with van der Waals surface area (Å²) in [5.74, 6) is -0.361. The van der Waals surface area contributed by atoms with Gasteiger partial charge in [-0.3, -0.25) is 4.79 Å². The molecule has 0 spiro atoms. The molecule has 0 aliphatic rings. The van der Waals surface area contributed by atoms with Gasteiger partial charge in [-0.15, -0.1) is 0 Å². The van der Waals surface area contributed by atoms with Gasteiger partial charge in [0.05, 0.1) is 13.5 Å². The average molecular weight is 224 g/mol. The predicted molar refractivity (Wildman–Crippen MR) is 60.6 cm³/mol. The number of thiol groups is 1. The van der Waals surface area contributed by atoms with Crippen LogP contribution in [0.15, 0.2) is 0 Å². The summed E-state index contributed by atoms with van der Waals surface area (Å²) in [6, 6.07) is 0. The van der Waals surface area contributed by atoms with Crippen molar-refractivity contribution in [2.24, 2.45) is 0 Å². The van der Waals surface area contributed by atoms with Crippen molar-refractivity contribution in [3.8, 4) is 0 Å². The third-order valence-electron chi connectivity index (χ3n) is 1.01. The molecule has 0 aromatic heterocycles. The fraction of sp³-hybridized carbons (Fsp3) is 0.750. The highest BCUT2D eigenvalue weighted by molar-refractivity contribution is 7.80. The molecule has 0 saturated heterocycles. The largest absolute Gasteiger partial charge is 0.490 e. The second kappa shape index (κ2) is 11.7. The van der Waals surface area contributed by atoms with Gasteiger partial charge in [0.1, 0.15) is 0 Å². The molecule has 0 aliphatic carbocycles. The zero-order chi connectivity index (χ0) is 10.7. The summed E-state index contributed by atoms with van der Waals surface area (Å²) >= 11 is 8.41. The van der Waals surface area contributed by atoms with Crippen LogP contribution >= 0.6 is 24.8 Å². The lowest BCUT2D eigenvalue weighted by Gasteiger charge is -1.95. The Kier molecular flexibility index (Phi) is 13.7. The zero-order valence-corrected chi connectivity index (χ0v) is 9.66. The molecule has 0 heterocycles. The van der Waals surface area contributed by atoms with Gasteiger partial charge in [0.25, 0.3) is 0 Å². The van der Waals surface area contributed by atoms with Gasteiger partial charge in [0, 0.05) is 12.2 Å². The Morgan fingerprint density at radius 1 is 1.54 bits per heavy atom. The summed E-state index contributed by atoms with van der Waals surface area (Å²) in [4.78, 5) is 9.55. The number of rotatable bonds is 4. The number of methoxy groups -OCH3 is 1. The Morgan fingerprint density at radius 3 is 2.15 bits per heavy atom. The van der Waals surface area contributed by atoms with Gasteiger partial charge in [-0.25, -0.2) is 0 Å². The minimum Gasteiger partial charge on any atom is -0.490 e.